The topological polar surface area (TPSA) is 58.4 Å². The molecule has 3 rings (SSSR count). The first-order valence-electron chi connectivity index (χ1n) is 9.87. The highest BCUT2D eigenvalue weighted by Gasteiger charge is 2.34. The predicted molar refractivity (Wildman–Crippen MR) is 107 cm³/mol. The Bertz CT molecular complexity index is 977. The summed E-state index contributed by atoms with van der Waals surface area (Å²) in [5.41, 5.74) is -1.85. The van der Waals surface area contributed by atoms with Crippen molar-refractivity contribution in [3.05, 3.63) is 57.5 Å². The summed E-state index contributed by atoms with van der Waals surface area (Å²) in [6, 6.07) is 6.12. The Hall–Kier alpha value is -2.68. The molecule has 1 saturated heterocycles. The molecule has 1 aromatic carbocycles. The summed E-state index contributed by atoms with van der Waals surface area (Å²) in [6.45, 7) is 8.90. The van der Waals surface area contributed by atoms with Crippen LogP contribution in [0.1, 0.15) is 35.6 Å². The lowest BCUT2D eigenvalue weighted by Gasteiger charge is -2.35. The highest BCUT2D eigenvalue weighted by Crippen LogP contribution is 2.33. The second-order valence-electron chi connectivity index (χ2n) is 7.91. The van der Waals surface area contributed by atoms with Crippen LogP contribution in [0.2, 0.25) is 0 Å². The molecule has 162 valence electrons. The zero-order valence-corrected chi connectivity index (χ0v) is 17.2. The average molecular weight is 422 g/mol. The van der Waals surface area contributed by atoms with E-state index < -0.39 is 23.1 Å². The molecule has 1 fully saturated rings. The number of halogens is 3. The third-order valence-corrected chi connectivity index (χ3v) is 5.03. The maximum atomic E-state index is 13.4. The number of para-hydroxylation sites is 1. The largest absolute Gasteiger partial charge is 0.418 e. The van der Waals surface area contributed by atoms with Crippen LogP contribution >= 0.6 is 0 Å². The van der Waals surface area contributed by atoms with Gasteiger partial charge in [-0.1, -0.05) is 26.0 Å². The molecule has 6 nitrogen and oxygen atoms in total. The lowest BCUT2D eigenvalue weighted by Crippen LogP contribution is -2.50. The zero-order valence-electron chi connectivity index (χ0n) is 17.2. The van der Waals surface area contributed by atoms with Crippen molar-refractivity contribution in [2.24, 2.45) is 5.92 Å². The second-order valence-corrected chi connectivity index (χ2v) is 7.91. The van der Waals surface area contributed by atoms with Crippen LogP contribution in [0.4, 0.5) is 13.2 Å². The molecule has 30 heavy (non-hydrogen) atoms. The molecule has 0 bridgehead atoms. The molecule has 1 aliphatic heterocycles. The van der Waals surface area contributed by atoms with Gasteiger partial charge < -0.3 is 4.90 Å². The standard InChI is InChI=1S/C21H25F3N4O2/c1-14(2)13-26-8-10-27(11-9-26)20(30)19-18(29)12-15(3)28(25-19)17-7-5-4-6-16(17)21(22,23)24/h4-7,12,14H,8-11,13H2,1-3H3. The van der Waals surface area contributed by atoms with E-state index in [9.17, 15) is 22.8 Å². The zero-order chi connectivity index (χ0) is 22.1. The van der Waals surface area contributed by atoms with Crippen molar-refractivity contribution < 1.29 is 18.0 Å². The molecular weight excluding hydrogens is 397 g/mol. The van der Waals surface area contributed by atoms with Gasteiger partial charge in [-0.2, -0.15) is 18.3 Å². The van der Waals surface area contributed by atoms with Gasteiger partial charge >= 0.3 is 6.18 Å². The number of piperazine rings is 1. The molecule has 0 unspecified atom stereocenters. The van der Waals surface area contributed by atoms with Crippen LogP contribution in [0.5, 0.6) is 0 Å². The number of carbonyl (C=O) groups is 1. The smallest absolute Gasteiger partial charge is 0.335 e. The van der Waals surface area contributed by atoms with Gasteiger partial charge in [0.15, 0.2) is 5.69 Å². The van der Waals surface area contributed by atoms with Crippen molar-refractivity contribution in [1.82, 2.24) is 19.6 Å². The maximum Gasteiger partial charge on any atom is 0.418 e. The molecule has 0 radical (unpaired) electrons. The fourth-order valence-corrected chi connectivity index (χ4v) is 3.64. The van der Waals surface area contributed by atoms with Gasteiger partial charge in [-0.15, -0.1) is 0 Å². The Morgan fingerprint density at radius 3 is 2.37 bits per heavy atom. The molecule has 1 aliphatic rings. The van der Waals surface area contributed by atoms with E-state index in [1.54, 1.807) is 0 Å². The van der Waals surface area contributed by atoms with Crippen LogP contribution in [-0.2, 0) is 6.18 Å². The minimum Gasteiger partial charge on any atom is -0.335 e. The van der Waals surface area contributed by atoms with Crippen LogP contribution in [0.25, 0.3) is 5.69 Å². The van der Waals surface area contributed by atoms with Crippen LogP contribution in [0.15, 0.2) is 35.1 Å². The van der Waals surface area contributed by atoms with Gasteiger partial charge in [-0.3, -0.25) is 14.5 Å². The number of aromatic nitrogens is 2. The van der Waals surface area contributed by atoms with Crippen LogP contribution in [-0.4, -0.2) is 58.2 Å². The fraction of sp³-hybridized carbons (Fsp3) is 0.476. The third-order valence-electron chi connectivity index (χ3n) is 5.03. The van der Waals surface area contributed by atoms with Gasteiger partial charge in [0, 0.05) is 44.5 Å². The first-order chi connectivity index (χ1) is 14.1. The van der Waals surface area contributed by atoms with E-state index in [4.69, 9.17) is 0 Å². The third kappa shape index (κ3) is 4.72. The number of hydrogen-bond acceptors (Lipinski definition) is 4. The Labute approximate surface area is 172 Å². The van der Waals surface area contributed by atoms with E-state index in [2.05, 4.69) is 23.8 Å². The summed E-state index contributed by atoms with van der Waals surface area (Å²) in [7, 11) is 0. The summed E-state index contributed by atoms with van der Waals surface area (Å²) in [5, 5.41) is 4.06. The molecule has 0 aliphatic carbocycles. The van der Waals surface area contributed by atoms with Crippen molar-refractivity contribution in [3.63, 3.8) is 0 Å². The normalized spacial score (nSPS) is 15.6. The summed E-state index contributed by atoms with van der Waals surface area (Å²) < 4.78 is 41.3. The van der Waals surface area contributed by atoms with Crippen LogP contribution in [0.3, 0.4) is 0 Å². The van der Waals surface area contributed by atoms with E-state index in [0.717, 1.165) is 23.4 Å². The number of hydrogen-bond donors (Lipinski definition) is 0. The monoisotopic (exact) mass is 422 g/mol. The van der Waals surface area contributed by atoms with Gasteiger partial charge in [-0.05, 0) is 25.0 Å². The highest BCUT2D eigenvalue weighted by molar-refractivity contribution is 5.92. The summed E-state index contributed by atoms with van der Waals surface area (Å²) >= 11 is 0. The lowest BCUT2D eigenvalue weighted by atomic mass is 10.1. The van der Waals surface area contributed by atoms with Gasteiger partial charge in [0.05, 0.1) is 11.3 Å². The van der Waals surface area contributed by atoms with Gasteiger partial charge in [0.25, 0.3) is 5.91 Å². The maximum absolute atomic E-state index is 13.4. The Balaban J connectivity index is 1.92. The van der Waals surface area contributed by atoms with Gasteiger partial charge in [0.1, 0.15) is 0 Å². The van der Waals surface area contributed by atoms with E-state index in [1.165, 1.54) is 30.0 Å². The highest BCUT2D eigenvalue weighted by atomic mass is 19.4. The molecular formula is C21H25F3N4O2. The van der Waals surface area contributed by atoms with Crippen molar-refractivity contribution >= 4 is 5.91 Å². The number of aryl methyl sites for hydroxylation is 1. The minimum atomic E-state index is -4.59. The first kappa shape index (κ1) is 22.0. The number of carbonyl (C=O) groups excluding carboxylic acids is 1. The average Bonchev–Trinajstić information content (AvgIpc) is 2.67. The molecule has 9 heteroatoms. The van der Waals surface area contributed by atoms with Gasteiger partial charge in [0.2, 0.25) is 5.43 Å². The van der Waals surface area contributed by atoms with Crippen molar-refractivity contribution in [2.45, 2.75) is 26.9 Å². The number of rotatable bonds is 4. The SMILES string of the molecule is Cc1cc(=O)c(C(=O)N2CCN(CC(C)C)CC2)nn1-c1ccccc1C(F)(F)F. The lowest BCUT2D eigenvalue weighted by molar-refractivity contribution is -0.137. The molecule has 0 saturated carbocycles. The van der Waals surface area contributed by atoms with Crippen molar-refractivity contribution in [1.29, 1.82) is 0 Å². The number of benzene rings is 1. The van der Waals surface area contributed by atoms with E-state index in [1.807, 2.05) is 0 Å². The Kier molecular flexibility index (Phi) is 6.30. The fourth-order valence-electron chi connectivity index (χ4n) is 3.64. The van der Waals surface area contributed by atoms with Gasteiger partial charge in [-0.25, -0.2) is 4.68 Å². The number of alkyl halides is 3. The minimum absolute atomic E-state index is 0.218. The first-order valence-corrected chi connectivity index (χ1v) is 9.87. The van der Waals surface area contributed by atoms with Crippen molar-refractivity contribution in [3.8, 4) is 5.69 Å². The summed E-state index contributed by atoms with van der Waals surface area (Å²) in [5.74, 6) is -0.0469. The second kappa shape index (κ2) is 8.59. The molecule has 0 atom stereocenters. The predicted octanol–water partition coefficient (Wildman–Crippen LogP) is 2.97. The van der Waals surface area contributed by atoms with Crippen LogP contribution < -0.4 is 5.43 Å². The molecule has 2 heterocycles. The molecule has 0 spiro atoms. The Morgan fingerprint density at radius 1 is 1.13 bits per heavy atom. The quantitative estimate of drug-likeness (QED) is 0.760. The van der Waals surface area contributed by atoms with E-state index in [0.29, 0.717) is 32.1 Å². The van der Waals surface area contributed by atoms with Crippen molar-refractivity contribution in [2.75, 3.05) is 32.7 Å². The van der Waals surface area contributed by atoms with E-state index >= 15 is 0 Å². The van der Waals surface area contributed by atoms with Crippen LogP contribution in [0, 0.1) is 12.8 Å². The number of amides is 1. The molecule has 1 aromatic heterocycles. The summed E-state index contributed by atoms with van der Waals surface area (Å²) in [4.78, 5) is 29.2. The molecule has 2 aromatic rings. The summed E-state index contributed by atoms with van der Waals surface area (Å²) in [6.07, 6.45) is -4.59. The Morgan fingerprint density at radius 2 is 1.77 bits per heavy atom. The molecule has 0 N–H and O–H groups in total. The number of nitrogens with zero attached hydrogens (tertiary/aromatic N) is 4. The molecule has 1 amide bonds. The van der Waals surface area contributed by atoms with E-state index in [-0.39, 0.29) is 17.1 Å².